The summed E-state index contributed by atoms with van der Waals surface area (Å²) in [7, 11) is 0. The van der Waals surface area contributed by atoms with Crippen molar-refractivity contribution in [3.63, 3.8) is 0 Å². The first-order valence-electron chi connectivity index (χ1n) is 9.82. The van der Waals surface area contributed by atoms with Crippen LogP contribution < -0.4 is 14.9 Å². The third kappa shape index (κ3) is 6.53. The van der Waals surface area contributed by atoms with Gasteiger partial charge in [0, 0.05) is 12.1 Å². The van der Waals surface area contributed by atoms with Gasteiger partial charge in [-0.05, 0) is 70.4 Å². The van der Waals surface area contributed by atoms with Gasteiger partial charge in [-0.1, -0.05) is 12.1 Å². The average molecular weight is 514 g/mol. The second-order valence-corrected chi connectivity index (χ2v) is 7.58. The maximum atomic E-state index is 11.0. The third-order valence-corrected chi connectivity index (χ3v) is 4.99. The quantitative estimate of drug-likeness (QED) is 0.209. The number of carbonyl (C=O) groups is 1. The first-order chi connectivity index (χ1) is 15.9. The Bertz CT molecular complexity index is 1160. The standard InChI is InChI=1S/C23H20BrN3O6/c1-2-32-21-12-16(13-25-26-18-7-9-19(10-8-18)27(30)31)11-20(24)22(21)33-14-15-3-5-17(6-4-15)23(28)29/h3-13,26H,2,14H2,1H3,(H,28,29)/b25-13+. The molecule has 0 atom stereocenters. The number of ether oxygens (including phenoxy) is 2. The lowest BCUT2D eigenvalue weighted by molar-refractivity contribution is -0.384. The fourth-order valence-corrected chi connectivity index (χ4v) is 3.38. The van der Waals surface area contributed by atoms with Crippen LogP contribution in [-0.2, 0) is 6.61 Å². The Morgan fingerprint density at radius 1 is 1.15 bits per heavy atom. The fourth-order valence-electron chi connectivity index (χ4n) is 2.80. The molecule has 0 spiro atoms. The molecule has 3 aromatic rings. The Morgan fingerprint density at radius 2 is 1.85 bits per heavy atom. The van der Waals surface area contributed by atoms with Crippen molar-refractivity contribution in [2.24, 2.45) is 5.10 Å². The number of halogens is 1. The molecule has 0 fully saturated rings. The summed E-state index contributed by atoms with van der Waals surface area (Å²) in [6.07, 6.45) is 1.59. The predicted octanol–water partition coefficient (Wildman–Crippen LogP) is 5.48. The van der Waals surface area contributed by atoms with Gasteiger partial charge in [-0.15, -0.1) is 0 Å². The van der Waals surface area contributed by atoms with Crippen LogP contribution in [0.15, 0.2) is 70.2 Å². The zero-order valence-corrected chi connectivity index (χ0v) is 19.1. The van der Waals surface area contributed by atoms with Crippen LogP contribution in [0.1, 0.15) is 28.4 Å². The number of nitro groups is 1. The molecule has 0 saturated carbocycles. The average Bonchev–Trinajstić information content (AvgIpc) is 2.79. The van der Waals surface area contributed by atoms with Gasteiger partial charge in [-0.25, -0.2) is 4.79 Å². The Hall–Kier alpha value is -3.92. The van der Waals surface area contributed by atoms with Gasteiger partial charge in [0.25, 0.3) is 5.69 Å². The maximum Gasteiger partial charge on any atom is 0.335 e. The highest BCUT2D eigenvalue weighted by Crippen LogP contribution is 2.37. The molecule has 0 aliphatic carbocycles. The second-order valence-electron chi connectivity index (χ2n) is 6.73. The van der Waals surface area contributed by atoms with Crippen LogP contribution in [0.4, 0.5) is 11.4 Å². The molecule has 0 heterocycles. The molecule has 0 aromatic heterocycles. The molecule has 10 heteroatoms. The van der Waals surface area contributed by atoms with E-state index in [1.165, 1.54) is 24.3 Å². The van der Waals surface area contributed by atoms with Crippen LogP contribution in [-0.4, -0.2) is 28.8 Å². The number of hydrazone groups is 1. The van der Waals surface area contributed by atoms with Crippen molar-refractivity contribution in [3.05, 3.63) is 91.9 Å². The number of nitro benzene ring substituents is 1. The van der Waals surface area contributed by atoms with Crippen molar-refractivity contribution >= 4 is 39.5 Å². The molecule has 0 aliphatic rings. The summed E-state index contributed by atoms with van der Waals surface area (Å²) >= 11 is 3.50. The lowest BCUT2D eigenvalue weighted by Crippen LogP contribution is -2.02. The summed E-state index contributed by atoms with van der Waals surface area (Å²) in [5.41, 5.74) is 5.19. The minimum absolute atomic E-state index is 0.00299. The summed E-state index contributed by atoms with van der Waals surface area (Å²) in [4.78, 5) is 21.2. The molecule has 0 radical (unpaired) electrons. The van der Waals surface area contributed by atoms with Gasteiger partial charge in [0.05, 0.1) is 33.5 Å². The number of nitrogens with one attached hydrogen (secondary N) is 1. The topological polar surface area (TPSA) is 123 Å². The van der Waals surface area contributed by atoms with E-state index in [-0.39, 0.29) is 17.9 Å². The summed E-state index contributed by atoms with van der Waals surface area (Å²) in [5.74, 6) is 0.0506. The molecule has 0 saturated heterocycles. The maximum absolute atomic E-state index is 11.0. The van der Waals surface area contributed by atoms with Crippen LogP contribution in [0.25, 0.3) is 0 Å². The molecule has 0 bridgehead atoms. The van der Waals surface area contributed by atoms with E-state index in [0.29, 0.717) is 28.3 Å². The van der Waals surface area contributed by atoms with Crippen LogP contribution in [0, 0.1) is 10.1 Å². The number of non-ortho nitro benzene ring substituents is 1. The van der Waals surface area contributed by atoms with Gasteiger partial charge in [-0.2, -0.15) is 5.10 Å². The molecule has 9 nitrogen and oxygen atoms in total. The SMILES string of the molecule is CCOc1cc(/C=N/Nc2ccc([N+](=O)[O-])cc2)cc(Br)c1OCc1ccc(C(=O)O)cc1. The van der Waals surface area contributed by atoms with Crippen LogP contribution in [0.3, 0.4) is 0 Å². The lowest BCUT2D eigenvalue weighted by Gasteiger charge is -2.15. The molecule has 170 valence electrons. The highest BCUT2D eigenvalue weighted by molar-refractivity contribution is 9.10. The molecule has 0 unspecified atom stereocenters. The van der Waals surface area contributed by atoms with Crippen molar-refractivity contribution in [1.82, 2.24) is 0 Å². The van der Waals surface area contributed by atoms with E-state index in [4.69, 9.17) is 14.6 Å². The monoisotopic (exact) mass is 513 g/mol. The summed E-state index contributed by atoms with van der Waals surface area (Å²) in [5, 5.41) is 23.9. The second kappa shape index (κ2) is 11.1. The molecular weight excluding hydrogens is 494 g/mol. The number of rotatable bonds is 10. The van der Waals surface area contributed by atoms with E-state index in [0.717, 1.165) is 11.1 Å². The van der Waals surface area contributed by atoms with E-state index in [2.05, 4.69) is 26.5 Å². The first kappa shape index (κ1) is 23.7. The van der Waals surface area contributed by atoms with Crippen LogP contribution in [0.2, 0.25) is 0 Å². The van der Waals surface area contributed by atoms with E-state index in [1.54, 1.807) is 36.5 Å². The van der Waals surface area contributed by atoms with Crippen molar-refractivity contribution in [2.45, 2.75) is 13.5 Å². The van der Waals surface area contributed by atoms with Gasteiger partial charge >= 0.3 is 5.97 Å². The first-order valence-corrected chi connectivity index (χ1v) is 10.6. The third-order valence-electron chi connectivity index (χ3n) is 4.40. The van der Waals surface area contributed by atoms with E-state index in [9.17, 15) is 14.9 Å². The number of aromatic carboxylic acids is 1. The van der Waals surface area contributed by atoms with Gasteiger partial charge in [0.2, 0.25) is 0 Å². The van der Waals surface area contributed by atoms with E-state index >= 15 is 0 Å². The van der Waals surface area contributed by atoms with Crippen molar-refractivity contribution in [2.75, 3.05) is 12.0 Å². The van der Waals surface area contributed by atoms with Crippen LogP contribution in [0.5, 0.6) is 11.5 Å². The zero-order valence-electron chi connectivity index (χ0n) is 17.5. The predicted molar refractivity (Wildman–Crippen MR) is 127 cm³/mol. The largest absolute Gasteiger partial charge is 0.490 e. The summed E-state index contributed by atoms with van der Waals surface area (Å²) in [6, 6.07) is 15.9. The lowest BCUT2D eigenvalue weighted by atomic mass is 10.1. The van der Waals surface area contributed by atoms with Crippen LogP contribution >= 0.6 is 15.9 Å². The normalized spacial score (nSPS) is 10.7. The van der Waals surface area contributed by atoms with Gasteiger partial charge < -0.3 is 14.6 Å². The van der Waals surface area contributed by atoms with Crippen molar-refractivity contribution in [3.8, 4) is 11.5 Å². The Morgan fingerprint density at radius 3 is 2.45 bits per heavy atom. The van der Waals surface area contributed by atoms with Gasteiger partial charge in [0.15, 0.2) is 11.5 Å². The van der Waals surface area contributed by atoms with Gasteiger partial charge in [0.1, 0.15) is 6.61 Å². The Labute approximate surface area is 197 Å². The molecule has 3 aromatic carbocycles. The van der Waals surface area contributed by atoms with E-state index in [1.807, 2.05) is 13.0 Å². The number of anilines is 1. The Kier molecular flexibility index (Phi) is 7.98. The number of hydrogen-bond acceptors (Lipinski definition) is 7. The number of carboxylic acid groups (broad SMARTS) is 1. The summed E-state index contributed by atoms with van der Waals surface area (Å²) < 4.78 is 12.3. The number of nitrogens with zero attached hydrogens (tertiary/aromatic N) is 2. The molecule has 3 rings (SSSR count). The molecule has 0 amide bonds. The van der Waals surface area contributed by atoms with E-state index < -0.39 is 10.9 Å². The highest BCUT2D eigenvalue weighted by atomic mass is 79.9. The number of hydrogen-bond donors (Lipinski definition) is 2. The zero-order chi connectivity index (χ0) is 23.8. The minimum Gasteiger partial charge on any atom is -0.490 e. The number of carboxylic acids is 1. The van der Waals surface area contributed by atoms with Gasteiger partial charge in [-0.3, -0.25) is 15.5 Å². The highest BCUT2D eigenvalue weighted by Gasteiger charge is 2.13. The molecule has 0 aliphatic heterocycles. The minimum atomic E-state index is -0.982. The Balaban J connectivity index is 1.71. The smallest absolute Gasteiger partial charge is 0.335 e. The van der Waals surface area contributed by atoms with Crippen molar-refractivity contribution in [1.29, 1.82) is 0 Å². The van der Waals surface area contributed by atoms with Crippen molar-refractivity contribution < 1.29 is 24.3 Å². The number of benzene rings is 3. The molecule has 33 heavy (non-hydrogen) atoms. The molecule has 2 N–H and O–H groups in total. The molecular formula is C23H20BrN3O6. The fraction of sp³-hybridized carbons (Fsp3) is 0.130. The summed E-state index contributed by atoms with van der Waals surface area (Å²) in [6.45, 7) is 2.52.